The zero-order valence-electron chi connectivity index (χ0n) is 11.6. The summed E-state index contributed by atoms with van der Waals surface area (Å²) in [5.41, 5.74) is 3.26. The van der Waals surface area contributed by atoms with Gasteiger partial charge in [0, 0.05) is 24.4 Å². The molecule has 0 saturated heterocycles. The lowest BCUT2D eigenvalue weighted by Gasteiger charge is -2.11. The maximum absolute atomic E-state index is 5.68. The third-order valence-corrected chi connectivity index (χ3v) is 3.33. The fourth-order valence-corrected chi connectivity index (χ4v) is 2.16. The van der Waals surface area contributed by atoms with Gasteiger partial charge in [0.2, 0.25) is 0 Å². The number of hydrogen-bond acceptors (Lipinski definition) is 4. The first-order chi connectivity index (χ1) is 9.83. The second-order valence-corrected chi connectivity index (χ2v) is 4.83. The van der Waals surface area contributed by atoms with Gasteiger partial charge in [-0.1, -0.05) is 6.07 Å². The number of ether oxygens (including phenoxy) is 2. The van der Waals surface area contributed by atoms with Crippen LogP contribution in [0.2, 0.25) is 0 Å². The summed E-state index contributed by atoms with van der Waals surface area (Å²) < 4.78 is 11.3. The largest absolute Gasteiger partial charge is 0.490 e. The van der Waals surface area contributed by atoms with Crippen molar-refractivity contribution < 1.29 is 9.47 Å². The topological polar surface area (TPSA) is 43.4 Å². The Morgan fingerprint density at radius 3 is 2.85 bits per heavy atom. The average Bonchev–Trinajstić information content (AvgIpc) is 2.71. The molecule has 0 radical (unpaired) electrons. The van der Waals surface area contributed by atoms with Gasteiger partial charge < -0.3 is 14.8 Å². The molecule has 2 heterocycles. The van der Waals surface area contributed by atoms with Crippen LogP contribution in [0.1, 0.15) is 17.7 Å². The van der Waals surface area contributed by atoms with Crippen molar-refractivity contribution >= 4 is 5.69 Å². The Labute approximate surface area is 118 Å². The number of rotatable bonds is 3. The summed E-state index contributed by atoms with van der Waals surface area (Å²) in [5, 5.41) is 3.37. The highest BCUT2D eigenvalue weighted by Gasteiger charge is 2.10. The molecule has 1 aliphatic heterocycles. The molecule has 0 unspecified atom stereocenters. The van der Waals surface area contributed by atoms with Crippen molar-refractivity contribution in [1.82, 2.24) is 4.98 Å². The van der Waals surface area contributed by atoms with Crippen LogP contribution >= 0.6 is 0 Å². The number of nitrogens with one attached hydrogen (secondary N) is 1. The van der Waals surface area contributed by atoms with Crippen molar-refractivity contribution in [3.63, 3.8) is 0 Å². The van der Waals surface area contributed by atoms with E-state index in [1.807, 2.05) is 30.5 Å². The van der Waals surface area contributed by atoms with Crippen molar-refractivity contribution in [2.75, 3.05) is 18.5 Å². The van der Waals surface area contributed by atoms with Crippen LogP contribution < -0.4 is 14.8 Å². The maximum Gasteiger partial charge on any atom is 0.163 e. The van der Waals surface area contributed by atoms with E-state index in [1.54, 1.807) is 0 Å². The second-order valence-electron chi connectivity index (χ2n) is 4.83. The average molecular weight is 270 g/mol. The standard InChI is InChI=1S/C16H18N2O2/c1-12-4-2-7-17-14(12)11-18-13-5-6-15-16(10-13)20-9-3-8-19-15/h2,4-7,10,18H,3,8-9,11H2,1H3. The van der Waals surface area contributed by atoms with E-state index in [0.29, 0.717) is 19.8 Å². The molecule has 0 amide bonds. The summed E-state index contributed by atoms with van der Waals surface area (Å²) >= 11 is 0. The maximum atomic E-state index is 5.68. The van der Waals surface area contributed by atoms with E-state index in [9.17, 15) is 0 Å². The SMILES string of the molecule is Cc1cccnc1CNc1ccc2c(c1)OCCCO2. The van der Waals surface area contributed by atoms with Crippen molar-refractivity contribution in [3.05, 3.63) is 47.8 Å². The molecule has 0 aliphatic carbocycles. The van der Waals surface area contributed by atoms with Gasteiger partial charge in [-0.3, -0.25) is 4.98 Å². The molecule has 1 aliphatic rings. The van der Waals surface area contributed by atoms with Crippen molar-refractivity contribution in [1.29, 1.82) is 0 Å². The zero-order valence-corrected chi connectivity index (χ0v) is 11.6. The fourth-order valence-electron chi connectivity index (χ4n) is 2.16. The van der Waals surface area contributed by atoms with E-state index >= 15 is 0 Å². The molecule has 4 heteroatoms. The van der Waals surface area contributed by atoms with E-state index in [2.05, 4.69) is 23.3 Å². The van der Waals surface area contributed by atoms with E-state index in [4.69, 9.17) is 9.47 Å². The minimum Gasteiger partial charge on any atom is -0.490 e. The van der Waals surface area contributed by atoms with Crippen molar-refractivity contribution in [2.45, 2.75) is 19.9 Å². The van der Waals surface area contributed by atoms with Gasteiger partial charge in [0.05, 0.1) is 25.5 Å². The van der Waals surface area contributed by atoms with Gasteiger partial charge in [-0.2, -0.15) is 0 Å². The van der Waals surface area contributed by atoms with Crippen molar-refractivity contribution in [3.8, 4) is 11.5 Å². The third-order valence-electron chi connectivity index (χ3n) is 3.33. The van der Waals surface area contributed by atoms with E-state index < -0.39 is 0 Å². The van der Waals surface area contributed by atoms with Crippen LogP contribution in [0.15, 0.2) is 36.5 Å². The molecule has 1 N–H and O–H groups in total. The molecule has 0 atom stereocenters. The third kappa shape index (κ3) is 2.85. The monoisotopic (exact) mass is 270 g/mol. The normalized spacial score (nSPS) is 13.7. The van der Waals surface area contributed by atoms with Crippen LogP contribution in [0.5, 0.6) is 11.5 Å². The Morgan fingerprint density at radius 2 is 2.00 bits per heavy atom. The first-order valence-corrected chi connectivity index (χ1v) is 6.87. The number of pyridine rings is 1. The highest BCUT2D eigenvalue weighted by molar-refractivity contribution is 5.55. The van der Waals surface area contributed by atoms with Gasteiger partial charge in [-0.25, -0.2) is 0 Å². The molecule has 104 valence electrons. The number of benzene rings is 1. The first kappa shape index (κ1) is 12.8. The molecule has 1 aromatic heterocycles. The molecule has 0 saturated carbocycles. The lowest BCUT2D eigenvalue weighted by atomic mass is 10.2. The van der Waals surface area contributed by atoms with Gasteiger partial charge in [-0.05, 0) is 30.7 Å². The number of aryl methyl sites for hydroxylation is 1. The number of aromatic nitrogens is 1. The first-order valence-electron chi connectivity index (χ1n) is 6.87. The lowest BCUT2D eigenvalue weighted by Crippen LogP contribution is -2.03. The van der Waals surface area contributed by atoms with E-state index in [-0.39, 0.29) is 0 Å². The predicted molar refractivity (Wildman–Crippen MR) is 78.3 cm³/mol. The van der Waals surface area contributed by atoms with Gasteiger partial charge in [0.25, 0.3) is 0 Å². The van der Waals surface area contributed by atoms with Gasteiger partial charge in [0.15, 0.2) is 11.5 Å². The van der Waals surface area contributed by atoms with Gasteiger partial charge in [0.1, 0.15) is 0 Å². The van der Waals surface area contributed by atoms with Crippen LogP contribution in [0.3, 0.4) is 0 Å². The van der Waals surface area contributed by atoms with Crippen LogP contribution in [0.25, 0.3) is 0 Å². The highest BCUT2D eigenvalue weighted by Crippen LogP contribution is 2.32. The van der Waals surface area contributed by atoms with Crippen LogP contribution in [-0.4, -0.2) is 18.2 Å². The molecule has 0 spiro atoms. The predicted octanol–water partition coefficient (Wildman–Crippen LogP) is 3.16. The Kier molecular flexibility index (Phi) is 3.72. The highest BCUT2D eigenvalue weighted by atomic mass is 16.5. The Hall–Kier alpha value is -2.23. The molecule has 2 aromatic rings. The van der Waals surface area contributed by atoms with Crippen LogP contribution in [-0.2, 0) is 6.54 Å². The van der Waals surface area contributed by atoms with Crippen LogP contribution in [0.4, 0.5) is 5.69 Å². The quantitative estimate of drug-likeness (QED) is 0.930. The molecule has 3 rings (SSSR count). The summed E-state index contributed by atoms with van der Waals surface area (Å²) in [6.45, 7) is 4.19. The molecule has 20 heavy (non-hydrogen) atoms. The lowest BCUT2D eigenvalue weighted by molar-refractivity contribution is 0.297. The molecular weight excluding hydrogens is 252 g/mol. The summed E-state index contributed by atoms with van der Waals surface area (Å²) in [7, 11) is 0. The number of hydrogen-bond donors (Lipinski definition) is 1. The molecule has 0 fully saturated rings. The summed E-state index contributed by atoms with van der Waals surface area (Å²) in [5.74, 6) is 1.63. The summed E-state index contributed by atoms with van der Waals surface area (Å²) in [6, 6.07) is 9.96. The number of anilines is 1. The van der Waals surface area contributed by atoms with E-state index in [1.165, 1.54) is 5.56 Å². The Bertz CT molecular complexity index is 599. The van der Waals surface area contributed by atoms with Crippen molar-refractivity contribution in [2.24, 2.45) is 0 Å². The Balaban J connectivity index is 1.72. The molecule has 4 nitrogen and oxygen atoms in total. The van der Waals surface area contributed by atoms with Gasteiger partial charge >= 0.3 is 0 Å². The molecule has 1 aromatic carbocycles. The fraction of sp³-hybridized carbons (Fsp3) is 0.312. The minimum atomic E-state index is 0.701. The second kappa shape index (κ2) is 5.82. The van der Waals surface area contributed by atoms with Gasteiger partial charge in [-0.15, -0.1) is 0 Å². The zero-order chi connectivity index (χ0) is 13.8. The minimum absolute atomic E-state index is 0.701. The molecule has 0 bridgehead atoms. The number of fused-ring (bicyclic) bond motifs is 1. The van der Waals surface area contributed by atoms with Crippen LogP contribution in [0, 0.1) is 6.92 Å². The smallest absolute Gasteiger partial charge is 0.163 e. The summed E-state index contributed by atoms with van der Waals surface area (Å²) in [4.78, 5) is 4.38. The summed E-state index contributed by atoms with van der Waals surface area (Å²) in [6.07, 6.45) is 2.74. The van der Waals surface area contributed by atoms with E-state index in [0.717, 1.165) is 29.3 Å². The molecular formula is C16H18N2O2. The Morgan fingerprint density at radius 1 is 1.15 bits per heavy atom. The number of nitrogens with zero attached hydrogens (tertiary/aromatic N) is 1.